The van der Waals surface area contributed by atoms with E-state index in [9.17, 15) is 0 Å². The summed E-state index contributed by atoms with van der Waals surface area (Å²) in [5, 5.41) is 3.70. The van der Waals surface area contributed by atoms with E-state index in [1.807, 2.05) is 0 Å². The SMILES string of the molecule is CCN(CC1CCC1)C(CNC(C)(C)C)c1ccccc1. The maximum Gasteiger partial charge on any atom is 0.0472 e. The first kappa shape index (κ1) is 16.5. The van der Waals surface area contributed by atoms with Crippen LogP contribution in [0.5, 0.6) is 0 Å². The molecule has 2 rings (SSSR count). The van der Waals surface area contributed by atoms with Gasteiger partial charge in [-0.05, 0) is 51.6 Å². The molecule has 1 aliphatic rings. The van der Waals surface area contributed by atoms with E-state index in [1.54, 1.807) is 0 Å². The lowest BCUT2D eigenvalue weighted by Crippen LogP contribution is -2.45. The van der Waals surface area contributed by atoms with Gasteiger partial charge in [-0.25, -0.2) is 0 Å². The van der Waals surface area contributed by atoms with E-state index in [-0.39, 0.29) is 5.54 Å². The van der Waals surface area contributed by atoms with Crippen molar-refractivity contribution in [3.8, 4) is 0 Å². The van der Waals surface area contributed by atoms with E-state index in [0.29, 0.717) is 6.04 Å². The normalized spacial score (nSPS) is 17.8. The number of nitrogens with zero attached hydrogens (tertiary/aromatic N) is 1. The third-order valence-electron chi connectivity index (χ3n) is 4.57. The van der Waals surface area contributed by atoms with Crippen LogP contribution in [0.4, 0.5) is 0 Å². The lowest BCUT2D eigenvalue weighted by Gasteiger charge is -2.38. The molecule has 0 heterocycles. The average molecular weight is 288 g/mol. The predicted octanol–water partition coefficient (Wildman–Crippen LogP) is 4.24. The number of nitrogens with one attached hydrogen (secondary N) is 1. The summed E-state index contributed by atoms with van der Waals surface area (Å²) in [4.78, 5) is 2.66. The number of likely N-dealkylation sites (N-methyl/N-ethyl adjacent to an activating group) is 1. The van der Waals surface area contributed by atoms with Crippen molar-refractivity contribution in [3.05, 3.63) is 35.9 Å². The molecule has 0 spiro atoms. The molecule has 0 aliphatic heterocycles. The predicted molar refractivity (Wildman–Crippen MR) is 91.5 cm³/mol. The number of rotatable bonds is 7. The molecule has 2 nitrogen and oxygen atoms in total. The quantitative estimate of drug-likeness (QED) is 0.807. The van der Waals surface area contributed by atoms with E-state index in [1.165, 1.54) is 31.4 Å². The molecule has 0 aromatic heterocycles. The molecule has 1 fully saturated rings. The van der Waals surface area contributed by atoms with Crippen molar-refractivity contribution in [2.75, 3.05) is 19.6 Å². The summed E-state index contributed by atoms with van der Waals surface area (Å²) >= 11 is 0. The maximum atomic E-state index is 3.70. The van der Waals surface area contributed by atoms with Crippen molar-refractivity contribution in [1.82, 2.24) is 10.2 Å². The fraction of sp³-hybridized carbons (Fsp3) is 0.684. The van der Waals surface area contributed by atoms with Gasteiger partial charge in [0.1, 0.15) is 0 Å². The zero-order valence-electron chi connectivity index (χ0n) is 14.2. The molecule has 1 aliphatic carbocycles. The van der Waals surface area contributed by atoms with Crippen molar-refractivity contribution in [3.63, 3.8) is 0 Å². The van der Waals surface area contributed by atoms with Gasteiger partial charge in [0.05, 0.1) is 0 Å². The molecular weight excluding hydrogens is 256 g/mol. The standard InChI is InChI=1S/C19H32N2/c1-5-21(15-16-10-9-11-16)18(14-20-19(2,3)4)17-12-7-6-8-13-17/h6-8,12-13,16,18,20H,5,9-11,14-15H2,1-4H3. The van der Waals surface area contributed by atoms with E-state index in [4.69, 9.17) is 0 Å². The Labute approximate surface area is 130 Å². The molecule has 21 heavy (non-hydrogen) atoms. The van der Waals surface area contributed by atoms with Crippen molar-refractivity contribution >= 4 is 0 Å². The minimum Gasteiger partial charge on any atom is -0.310 e. The molecule has 1 aromatic rings. The molecule has 0 saturated heterocycles. The summed E-state index contributed by atoms with van der Waals surface area (Å²) in [6, 6.07) is 11.5. The topological polar surface area (TPSA) is 15.3 Å². The van der Waals surface area contributed by atoms with Crippen LogP contribution in [0.2, 0.25) is 0 Å². The monoisotopic (exact) mass is 288 g/mol. The minimum atomic E-state index is 0.170. The van der Waals surface area contributed by atoms with Crippen LogP contribution < -0.4 is 5.32 Å². The largest absolute Gasteiger partial charge is 0.310 e. The summed E-state index contributed by atoms with van der Waals surface area (Å²) in [6.07, 6.45) is 4.27. The highest BCUT2D eigenvalue weighted by molar-refractivity contribution is 5.19. The molecular formula is C19H32N2. The molecule has 0 amide bonds. The van der Waals surface area contributed by atoms with E-state index >= 15 is 0 Å². The molecule has 118 valence electrons. The van der Waals surface area contributed by atoms with Crippen LogP contribution in [0, 0.1) is 5.92 Å². The highest BCUT2D eigenvalue weighted by Gasteiger charge is 2.26. The summed E-state index contributed by atoms with van der Waals surface area (Å²) in [5.41, 5.74) is 1.61. The van der Waals surface area contributed by atoms with Crippen LogP contribution in [0.15, 0.2) is 30.3 Å². The molecule has 1 aromatic carbocycles. The summed E-state index contributed by atoms with van der Waals surface area (Å²) in [7, 11) is 0. The maximum absolute atomic E-state index is 3.70. The van der Waals surface area contributed by atoms with E-state index < -0.39 is 0 Å². The second kappa shape index (κ2) is 7.42. The Morgan fingerprint density at radius 3 is 2.33 bits per heavy atom. The van der Waals surface area contributed by atoms with Crippen LogP contribution in [-0.4, -0.2) is 30.1 Å². The van der Waals surface area contributed by atoms with E-state index in [2.05, 4.69) is 68.2 Å². The van der Waals surface area contributed by atoms with Gasteiger partial charge in [-0.3, -0.25) is 4.90 Å². The van der Waals surface area contributed by atoms with Crippen LogP contribution in [0.3, 0.4) is 0 Å². The van der Waals surface area contributed by atoms with E-state index in [0.717, 1.165) is 19.0 Å². The van der Waals surface area contributed by atoms with Crippen LogP contribution in [0.25, 0.3) is 0 Å². The van der Waals surface area contributed by atoms with Gasteiger partial charge in [-0.15, -0.1) is 0 Å². The van der Waals surface area contributed by atoms with Gasteiger partial charge in [0.15, 0.2) is 0 Å². The molecule has 0 bridgehead atoms. The first-order valence-corrected chi connectivity index (χ1v) is 8.53. The second-order valence-corrected chi connectivity index (χ2v) is 7.44. The minimum absolute atomic E-state index is 0.170. The van der Waals surface area contributed by atoms with Crippen molar-refractivity contribution in [1.29, 1.82) is 0 Å². The van der Waals surface area contributed by atoms with Crippen LogP contribution in [0.1, 0.15) is 58.6 Å². The fourth-order valence-electron chi connectivity index (χ4n) is 3.02. The number of hydrogen-bond acceptors (Lipinski definition) is 2. The molecule has 1 N–H and O–H groups in total. The Morgan fingerprint density at radius 2 is 1.86 bits per heavy atom. The number of hydrogen-bond donors (Lipinski definition) is 1. The Morgan fingerprint density at radius 1 is 1.19 bits per heavy atom. The zero-order valence-corrected chi connectivity index (χ0v) is 14.2. The summed E-state index contributed by atoms with van der Waals surface area (Å²) < 4.78 is 0. The Balaban J connectivity index is 2.08. The van der Waals surface area contributed by atoms with Crippen molar-refractivity contribution in [2.24, 2.45) is 5.92 Å². The fourth-order valence-corrected chi connectivity index (χ4v) is 3.02. The lowest BCUT2D eigenvalue weighted by atomic mass is 9.84. The highest BCUT2D eigenvalue weighted by atomic mass is 15.2. The first-order chi connectivity index (χ1) is 9.99. The van der Waals surface area contributed by atoms with Gasteiger partial charge in [0.2, 0.25) is 0 Å². The summed E-state index contributed by atoms with van der Waals surface area (Å²) in [6.45, 7) is 12.4. The molecule has 1 atom stereocenters. The number of benzene rings is 1. The Kier molecular flexibility index (Phi) is 5.83. The van der Waals surface area contributed by atoms with Gasteiger partial charge in [0, 0.05) is 24.7 Å². The summed E-state index contributed by atoms with van der Waals surface area (Å²) in [5.74, 6) is 0.922. The third-order valence-corrected chi connectivity index (χ3v) is 4.57. The lowest BCUT2D eigenvalue weighted by molar-refractivity contribution is 0.131. The van der Waals surface area contributed by atoms with Gasteiger partial charge in [0.25, 0.3) is 0 Å². The highest BCUT2D eigenvalue weighted by Crippen LogP contribution is 2.30. The van der Waals surface area contributed by atoms with Gasteiger partial charge < -0.3 is 5.32 Å². The van der Waals surface area contributed by atoms with Crippen LogP contribution in [-0.2, 0) is 0 Å². The van der Waals surface area contributed by atoms with Crippen molar-refractivity contribution in [2.45, 2.75) is 58.5 Å². The molecule has 0 radical (unpaired) electrons. The smallest absolute Gasteiger partial charge is 0.0472 e. The Bertz CT molecular complexity index is 403. The molecule has 1 saturated carbocycles. The molecule has 1 unspecified atom stereocenters. The van der Waals surface area contributed by atoms with Gasteiger partial charge in [-0.1, -0.05) is 43.7 Å². The first-order valence-electron chi connectivity index (χ1n) is 8.53. The third kappa shape index (κ3) is 5.12. The van der Waals surface area contributed by atoms with Crippen molar-refractivity contribution < 1.29 is 0 Å². The van der Waals surface area contributed by atoms with Gasteiger partial charge in [-0.2, -0.15) is 0 Å². The second-order valence-electron chi connectivity index (χ2n) is 7.44. The average Bonchev–Trinajstić information content (AvgIpc) is 2.40. The zero-order chi connectivity index (χ0) is 15.3. The van der Waals surface area contributed by atoms with Gasteiger partial charge >= 0.3 is 0 Å². The molecule has 2 heteroatoms. The Hall–Kier alpha value is -0.860. The van der Waals surface area contributed by atoms with Crippen LogP contribution >= 0.6 is 0 Å².